The Kier molecular flexibility index (Phi) is 2.75. The third-order valence-corrected chi connectivity index (χ3v) is 5.69. The van der Waals surface area contributed by atoms with Crippen LogP contribution in [-0.4, -0.2) is 10.6 Å². The SMILES string of the molecule is C1=CC2Nc3c(ccc4c5ccccc5n(-c5ccccc5)c34)C2C=C1. The molecule has 0 amide bonds. The largest absolute Gasteiger partial charge is 0.376 e. The van der Waals surface area contributed by atoms with E-state index < -0.39 is 0 Å². The minimum absolute atomic E-state index is 0.350. The monoisotopic (exact) mass is 334 g/mol. The summed E-state index contributed by atoms with van der Waals surface area (Å²) in [5.74, 6) is 0.418. The first-order valence-corrected chi connectivity index (χ1v) is 9.15. The summed E-state index contributed by atoms with van der Waals surface area (Å²) in [7, 11) is 0. The number of benzene rings is 3. The first-order chi connectivity index (χ1) is 12.9. The van der Waals surface area contributed by atoms with E-state index in [1.54, 1.807) is 0 Å². The number of allylic oxidation sites excluding steroid dienone is 2. The number of nitrogens with one attached hydrogen (secondary N) is 1. The molecule has 4 aromatic rings. The molecule has 1 aromatic heterocycles. The Labute approximate surface area is 152 Å². The molecule has 2 heterocycles. The lowest BCUT2D eigenvalue weighted by Gasteiger charge is -2.15. The Hall–Kier alpha value is -3.26. The van der Waals surface area contributed by atoms with Crippen molar-refractivity contribution in [2.45, 2.75) is 12.0 Å². The number of aromatic nitrogens is 1. The average Bonchev–Trinajstić information content (AvgIpc) is 3.24. The van der Waals surface area contributed by atoms with Gasteiger partial charge in [0.05, 0.1) is 22.8 Å². The fourth-order valence-electron chi connectivity index (χ4n) is 4.56. The highest BCUT2D eigenvalue weighted by atomic mass is 15.0. The number of hydrogen-bond donors (Lipinski definition) is 1. The highest BCUT2D eigenvalue weighted by Gasteiger charge is 2.32. The Morgan fingerprint density at radius 1 is 0.731 bits per heavy atom. The van der Waals surface area contributed by atoms with Crippen LogP contribution in [0.4, 0.5) is 5.69 Å². The maximum absolute atomic E-state index is 3.79. The van der Waals surface area contributed by atoms with Gasteiger partial charge in [0, 0.05) is 22.4 Å². The van der Waals surface area contributed by atoms with Gasteiger partial charge in [0.2, 0.25) is 0 Å². The second-order valence-corrected chi connectivity index (χ2v) is 7.08. The van der Waals surface area contributed by atoms with Crippen LogP contribution in [0.15, 0.2) is 91.0 Å². The van der Waals surface area contributed by atoms with E-state index in [0.717, 1.165) is 0 Å². The first-order valence-electron chi connectivity index (χ1n) is 9.15. The zero-order chi connectivity index (χ0) is 17.1. The van der Waals surface area contributed by atoms with Gasteiger partial charge in [-0.25, -0.2) is 0 Å². The summed E-state index contributed by atoms with van der Waals surface area (Å²) in [5, 5.41) is 6.40. The normalized spacial score (nSPS) is 20.3. The maximum Gasteiger partial charge on any atom is 0.0776 e. The number of rotatable bonds is 1. The minimum Gasteiger partial charge on any atom is -0.376 e. The van der Waals surface area contributed by atoms with Crippen LogP contribution in [0, 0.1) is 0 Å². The molecule has 0 bridgehead atoms. The molecule has 26 heavy (non-hydrogen) atoms. The van der Waals surface area contributed by atoms with Crippen LogP contribution in [0.3, 0.4) is 0 Å². The molecule has 0 radical (unpaired) electrons. The molecule has 0 saturated heterocycles. The second kappa shape index (κ2) is 5.12. The lowest BCUT2D eigenvalue weighted by Crippen LogP contribution is -2.17. The van der Waals surface area contributed by atoms with E-state index in [9.17, 15) is 0 Å². The van der Waals surface area contributed by atoms with Crippen molar-refractivity contribution in [3.63, 3.8) is 0 Å². The molecular formula is C24H18N2. The van der Waals surface area contributed by atoms with Gasteiger partial charge >= 0.3 is 0 Å². The molecule has 2 aliphatic rings. The second-order valence-electron chi connectivity index (χ2n) is 7.08. The number of hydrogen-bond acceptors (Lipinski definition) is 1. The van der Waals surface area contributed by atoms with Crippen LogP contribution in [0.25, 0.3) is 27.5 Å². The molecule has 0 saturated carbocycles. The van der Waals surface area contributed by atoms with Gasteiger partial charge in [0.15, 0.2) is 0 Å². The first kappa shape index (κ1) is 14.0. The Balaban J connectivity index is 1.77. The van der Waals surface area contributed by atoms with E-state index in [2.05, 4.69) is 101 Å². The number of para-hydroxylation sites is 2. The van der Waals surface area contributed by atoms with E-state index >= 15 is 0 Å². The standard InChI is InChI=1S/C24H18N2/c1-2-8-16(9-3-1)26-22-13-7-5-11-18(22)20-15-14-19-17-10-4-6-12-21(17)25-23(19)24(20)26/h1-15,17,21,25H. The molecule has 2 nitrogen and oxygen atoms in total. The van der Waals surface area contributed by atoms with E-state index in [1.165, 1.54) is 38.7 Å². The molecule has 2 heteroatoms. The lowest BCUT2D eigenvalue weighted by atomic mass is 9.91. The zero-order valence-electron chi connectivity index (χ0n) is 14.3. The molecule has 2 unspecified atom stereocenters. The van der Waals surface area contributed by atoms with Crippen molar-refractivity contribution in [3.05, 3.63) is 96.6 Å². The quantitative estimate of drug-likeness (QED) is 0.466. The topological polar surface area (TPSA) is 17.0 Å². The van der Waals surface area contributed by atoms with Crippen molar-refractivity contribution in [1.82, 2.24) is 4.57 Å². The van der Waals surface area contributed by atoms with Crippen molar-refractivity contribution in [2.24, 2.45) is 0 Å². The molecule has 124 valence electrons. The van der Waals surface area contributed by atoms with Crippen LogP contribution in [-0.2, 0) is 0 Å². The van der Waals surface area contributed by atoms with Gasteiger partial charge in [-0.3, -0.25) is 0 Å². The molecule has 3 aromatic carbocycles. The fraction of sp³-hybridized carbons (Fsp3) is 0.0833. The van der Waals surface area contributed by atoms with E-state index in [4.69, 9.17) is 0 Å². The predicted octanol–water partition coefficient (Wildman–Crippen LogP) is 5.79. The minimum atomic E-state index is 0.350. The van der Waals surface area contributed by atoms with Crippen LogP contribution in [0.5, 0.6) is 0 Å². The molecule has 1 aliphatic carbocycles. The molecular weight excluding hydrogens is 316 g/mol. The third kappa shape index (κ3) is 1.76. The summed E-state index contributed by atoms with van der Waals surface area (Å²) in [6.45, 7) is 0. The molecule has 0 fully saturated rings. The smallest absolute Gasteiger partial charge is 0.0776 e. The summed E-state index contributed by atoms with van der Waals surface area (Å²) in [6.07, 6.45) is 8.88. The summed E-state index contributed by atoms with van der Waals surface area (Å²) in [4.78, 5) is 0. The van der Waals surface area contributed by atoms with Gasteiger partial charge in [-0.1, -0.05) is 72.8 Å². The molecule has 6 rings (SSSR count). The fourth-order valence-corrected chi connectivity index (χ4v) is 4.56. The highest BCUT2D eigenvalue weighted by molar-refractivity contribution is 6.14. The van der Waals surface area contributed by atoms with Crippen LogP contribution < -0.4 is 5.32 Å². The van der Waals surface area contributed by atoms with E-state index in [1.807, 2.05) is 0 Å². The van der Waals surface area contributed by atoms with Crippen LogP contribution in [0.1, 0.15) is 11.5 Å². The van der Waals surface area contributed by atoms with Gasteiger partial charge in [0.25, 0.3) is 0 Å². The zero-order valence-corrected chi connectivity index (χ0v) is 14.3. The van der Waals surface area contributed by atoms with Crippen molar-refractivity contribution >= 4 is 27.5 Å². The van der Waals surface area contributed by atoms with Crippen LogP contribution in [0.2, 0.25) is 0 Å². The molecule has 1 N–H and O–H groups in total. The number of fused-ring (bicyclic) bond motifs is 7. The summed E-state index contributed by atoms with van der Waals surface area (Å²) >= 11 is 0. The van der Waals surface area contributed by atoms with Gasteiger partial charge in [-0.05, 0) is 23.8 Å². The summed E-state index contributed by atoms with van der Waals surface area (Å²) in [6, 6.07) is 24.3. The Bertz CT molecular complexity index is 1210. The van der Waals surface area contributed by atoms with Gasteiger partial charge in [0.1, 0.15) is 0 Å². The highest BCUT2D eigenvalue weighted by Crippen LogP contribution is 2.46. The summed E-state index contributed by atoms with van der Waals surface area (Å²) < 4.78 is 2.40. The molecule has 0 spiro atoms. The Morgan fingerprint density at radius 2 is 1.54 bits per heavy atom. The van der Waals surface area contributed by atoms with Gasteiger partial charge in [-0.15, -0.1) is 0 Å². The average molecular weight is 334 g/mol. The lowest BCUT2D eigenvalue weighted by molar-refractivity contribution is 0.805. The van der Waals surface area contributed by atoms with Crippen molar-refractivity contribution < 1.29 is 0 Å². The molecule has 2 atom stereocenters. The van der Waals surface area contributed by atoms with E-state index in [0.29, 0.717) is 12.0 Å². The summed E-state index contributed by atoms with van der Waals surface area (Å²) in [5.41, 5.74) is 6.41. The van der Waals surface area contributed by atoms with Crippen molar-refractivity contribution in [1.29, 1.82) is 0 Å². The Morgan fingerprint density at radius 3 is 2.46 bits per heavy atom. The number of nitrogens with zero attached hydrogens (tertiary/aromatic N) is 1. The van der Waals surface area contributed by atoms with E-state index in [-0.39, 0.29) is 0 Å². The van der Waals surface area contributed by atoms with Crippen molar-refractivity contribution in [3.8, 4) is 5.69 Å². The third-order valence-electron chi connectivity index (χ3n) is 5.69. The predicted molar refractivity (Wildman–Crippen MR) is 109 cm³/mol. The number of anilines is 1. The van der Waals surface area contributed by atoms with Crippen LogP contribution >= 0.6 is 0 Å². The van der Waals surface area contributed by atoms with Gasteiger partial charge < -0.3 is 9.88 Å². The maximum atomic E-state index is 3.79. The molecule has 1 aliphatic heterocycles. The van der Waals surface area contributed by atoms with Crippen molar-refractivity contribution in [2.75, 3.05) is 5.32 Å². The van der Waals surface area contributed by atoms with Gasteiger partial charge in [-0.2, -0.15) is 0 Å².